The Balaban J connectivity index is 2.61. The molecule has 1 nitrogen and oxygen atoms in total. The maximum Gasteiger partial charge on any atom is 0.417 e. The first-order valence-electron chi connectivity index (χ1n) is 5.27. The molecule has 0 amide bonds. The van der Waals surface area contributed by atoms with Crippen molar-refractivity contribution in [2.75, 3.05) is 11.9 Å². The highest BCUT2D eigenvalue weighted by molar-refractivity contribution is 6.31. The lowest BCUT2D eigenvalue weighted by atomic mass is 10.2. The van der Waals surface area contributed by atoms with Gasteiger partial charge in [-0.1, -0.05) is 11.6 Å². The number of hydrogen-bond acceptors (Lipinski definition) is 1. The molecule has 0 unspecified atom stereocenters. The van der Waals surface area contributed by atoms with Crippen LogP contribution in [0, 0.1) is 0 Å². The summed E-state index contributed by atoms with van der Waals surface area (Å²) in [6.45, 7) is -0.0710. The third kappa shape index (κ3) is 5.59. The first-order valence-corrected chi connectivity index (χ1v) is 5.65. The van der Waals surface area contributed by atoms with Crippen molar-refractivity contribution in [1.82, 2.24) is 0 Å². The fourth-order valence-electron chi connectivity index (χ4n) is 1.37. The van der Waals surface area contributed by atoms with Gasteiger partial charge in [-0.25, -0.2) is 0 Å². The number of rotatable bonds is 4. The van der Waals surface area contributed by atoms with Gasteiger partial charge in [-0.05, 0) is 24.6 Å². The minimum atomic E-state index is -4.60. The van der Waals surface area contributed by atoms with Crippen molar-refractivity contribution >= 4 is 17.3 Å². The molecule has 0 aliphatic carbocycles. The average Bonchev–Trinajstić information content (AvgIpc) is 2.23. The van der Waals surface area contributed by atoms with Crippen LogP contribution < -0.4 is 5.32 Å². The Bertz CT molecular complexity index is 426. The number of nitrogens with one attached hydrogen (secondary N) is 1. The lowest BCUT2D eigenvalue weighted by molar-refractivity contribution is -0.137. The van der Waals surface area contributed by atoms with Crippen molar-refractivity contribution in [3.05, 3.63) is 28.8 Å². The molecule has 0 aliphatic rings. The molecule has 0 fully saturated rings. The van der Waals surface area contributed by atoms with Gasteiger partial charge < -0.3 is 5.32 Å². The summed E-state index contributed by atoms with van der Waals surface area (Å²) in [5.41, 5.74) is -0.936. The van der Waals surface area contributed by atoms with E-state index in [9.17, 15) is 26.3 Å². The molecular weight excluding hydrogens is 296 g/mol. The summed E-state index contributed by atoms with van der Waals surface area (Å²) in [4.78, 5) is 0. The van der Waals surface area contributed by atoms with Crippen LogP contribution in [0.15, 0.2) is 18.2 Å². The van der Waals surface area contributed by atoms with Crippen LogP contribution in [-0.2, 0) is 6.18 Å². The van der Waals surface area contributed by atoms with Gasteiger partial charge in [0.2, 0.25) is 0 Å². The van der Waals surface area contributed by atoms with Gasteiger partial charge in [-0.2, -0.15) is 26.3 Å². The molecule has 1 aromatic carbocycles. The van der Waals surface area contributed by atoms with Crippen LogP contribution in [0.25, 0.3) is 0 Å². The highest BCUT2D eigenvalue weighted by Gasteiger charge is 2.33. The SMILES string of the molecule is FC(F)(F)CCCNc1ccc(Cl)c(C(F)(F)F)c1. The molecule has 1 N–H and O–H groups in total. The predicted molar refractivity (Wildman–Crippen MR) is 60.2 cm³/mol. The van der Waals surface area contributed by atoms with Crippen molar-refractivity contribution in [3.8, 4) is 0 Å². The van der Waals surface area contributed by atoms with E-state index in [4.69, 9.17) is 11.6 Å². The van der Waals surface area contributed by atoms with Gasteiger partial charge in [0, 0.05) is 18.7 Å². The molecule has 19 heavy (non-hydrogen) atoms. The van der Waals surface area contributed by atoms with E-state index >= 15 is 0 Å². The summed E-state index contributed by atoms with van der Waals surface area (Å²) in [5.74, 6) is 0. The first kappa shape index (κ1) is 15.9. The minimum Gasteiger partial charge on any atom is -0.385 e. The number of benzene rings is 1. The molecule has 0 saturated carbocycles. The number of anilines is 1. The smallest absolute Gasteiger partial charge is 0.385 e. The van der Waals surface area contributed by atoms with E-state index in [-0.39, 0.29) is 18.7 Å². The van der Waals surface area contributed by atoms with Crippen LogP contribution in [-0.4, -0.2) is 12.7 Å². The van der Waals surface area contributed by atoms with E-state index in [0.29, 0.717) is 0 Å². The highest BCUT2D eigenvalue weighted by atomic mass is 35.5. The third-order valence-electron chi connectivity index (χ3n) is 2.24. The molecule has 0 radical (unpaired) electrons. The van der Waals surface area contributed by atoms with Crippen LogP contribution in [0.4, 0.5) is 32.0 Å². The van der Waals surface area contributed by atoms with Crippen LogP contribution in [0.1, 0.15) is 18.4 Å². The quantitative estimate of drug-likeness (QED) is 0.602. The van der Waals surface area contributed by atoms with Gasteiger partial charge in [0.25, 0.3) is 0 Å². The van der Waals surface area contributed by atoms with Crippen LogP contribution in [0.5, 0.6) is 0 Å². The van der Waals surface area contributed by atoms with Crippen molar-refractivity contribution in [2.45, 2.75) is 25.2 Å². The van der Waals surface area contributed by atoms with Crippen molar-refractivity contribution in [2.24, 2.45) is 0 Å². The maximum absolute atomic E-state index is 12.5. The third-order valence-corrected chi connectivity index (χ3v) is 2.57. The molecule has 8 heteroatoms. The second-order valence-corrected chi connectivity index (χ2v) is 4.25. The van der Waals surface area contributed by atoms with E-state index in [1.807, 2.05) is 0 Å². The fraction of sp³-hybridized carbons (Fsp3) is 0.455. The molecule has 0 aliphatic heterocycles. The van der Waals surface area contributed by atoms with Crippen LogP contribution in [0.3, 0.4) is 0 Å². The zero-order valence-corrected chi connectivity index (χ0v) is 10.3. The van der Waals surface area contributed by atoms with E-state index in [0.717, 1.165) is 12.1 Å². The van der Waals surface area contributed by atoms with Gasteiger partial charge in [0.05, 0.1) is 10.6 Å². The van der Waals surface area contributed by atoms with Crippen molar-refractivity contribution < 1.29 is 26.3 Å². The monoisotopic (exact) mass is 305 g/mol. The Labute approximate surface area is 110 Å². The Morgan fingerprint density at radius 2 is 1.68 bits per heavy atom. The normalized spacial score (nSPS) is 12.6. The van der Waals surface area contributed by atoms with Crippen molar-refractivity contribution in [3.63, 3.8) is 0 Å². The Hall–Kier alpha value is -1.11. The lowest BCUT2D eigenvalue weighted by Crippen LogP contribution is -2.11. The molecule has 0 bridgehead atoms. The number of halogens is 7. The standard InChI is InChI=1S/C11H10ClF6N/c12-9-3-2-7(6-8(9)11(16,17)18)19-5-1-4-10(13,14)15/h2-3,6,19H,1,4-5H2. The molecule has 0 saturated heterocycles. The molecule has 0 aromatic heterocycles. The van der Waals surface area contributed by atoms with Crippen molar-refractivity contribution in [1.29, 1.82) is 0 Å². The topological polar surface area (TPSA) is 12.0 Å². The molecule has 1 rings (SSSR count). The fourth-order valence-corrected chi connectivity index (χ4v) is 1.60. The molecule has 108 valence electrons. The number of alkyl halides is 6. The largest absolute Gasteiger partial charge is 0.417 e. The molecule has 0 atom stereocenters. The van der Waals surface area contributed by atoms with Gasteiger partial charge in [0.15, 0.2) is 0 Å². The highest BCUT2D eigenvalue weighted by Crippen LogP contribution is 2.36. The second kappa shape index (κ2) is 5.90. The Kier molecular flexibility index (Phi) is 4.95. The first-order chi connectivity index (χ1) is 8.59. The predicted octanol–water partition coefficient (Wildman–Crippen LogP) is 5.11. The molecule has 1 aromatic rings. The summed E-state index contributed by atoms with van der Waals surface area (Å²) in [6.07, 6.45) is -10.1. The van der Waals surface area contributed by atoms with Gasteiger partial charge >= 0.3 is 12.4 Å². The van der Waals surface area contributed by atoms with Gasteiger partial charge in [-0.15, -0.1) is 0 Å². The Morgan fingerprint density at radius 3 is 2.21 bits per heavy atom. The maximum atomic E-state index is 12.5. The molecular formula is C11H10ClF6N. The summed E-state index contributed by atoms with van der Waals surface area (Å²) >= 11 is 5.41. The minimum absolute atomic E-state index is 0.0710. The summed E-state index contributed by atoms with van der Waals surface area (Å²) < 4.78 is 73.1. The lowest BCUT2D eigenvalue weighted by Gasteiger charge is -2.12. The average molecular weight is 306 g/mol. The van der Waals surface area contributed by atoms with Gasteiger partial charge in [0.1, 0.15) is 0 Å². The van der Waals surface area contributed by atoms with E-state index in [1.54, 1.807) is 0 Å². The zero-order chi connectivity index (χ0) is 14.7. The summed E-state index contributed by atoms with van der Waals surface area (Å²) in [5, 5.41) is 2.05. The van der Waals surface area contributed by atoms with Crippen LogP contribution >= 0.6 is 11.6 Å². The molecule has 0 spiro atoms. The van der Waals surface area contributed by atoms with E-state index in [1.165, 1.54) is 6.07 Å². The summed E-state index contributed by atoms with van der Waals surface area (Å²) in [6, 6.07) is 3.11. The molecule has 0 heterocycles. The van der Waals surface area contributed by atoms with E-state index < -0.39 is 29.4 Å². The second-order valence-electron chi connectivity index (χ2n) is 3.84. The number of hydrogen-bond donors (Lipinski definition) is 1. The zero-order valence-electron chi connectivity index (χ0n) is 9.50. The van der Waals surface area contributed by atoms with E-state index in [2.05, 4.69) is 5.32 Å². The van der Waals surface area contributed by atoms with Gasteiger partial charge in [-0.3, -0.25) is 0 Å². The van der Waals surface area contributed by atoms with Crippen LogP contribution in [0.2, 0.25) is 5.02 Å². The Morgan fingerprint density at radius 1 is 1.05 bits per heavy atom. The summed E-state index contributed by atoms with van der Waals surface area (Å²) in [7, 11) is 0.